The molecule has 1 atom stereocenters. The Morgan fingerprint density at radius 3 is 2.65 bits per heavy atom. The van der Waals surface area contributed by atoms with Crippen LogP contribution in [0.25, 0.3) is 0 Å². The maximum Gasteiger partial charge on any atom is 0.128 e. The Morgan fingerprint density at radius 2 is 2.12 bits per heavy atom. The fraction of sp³-hybridized carbons (Fsp3) is 0.615. The van der Waals surface area contributed by atoms with E-state index in [1.54, 1.807) is 6.20 Å². The summed E-state index contributed by atoms with van der Waals surface area (Å²) in [6.07, 6.45) is 1.72. The highest BCUT2D eigenvalue weighted by molar-refractivity contribution is 6.30. The SMILES string of the molecule is CC(C)N1CCN(c2ccc(Cl)cn2)[C@@H](C)C1. The predicted molar refractivity (Wildman–Crippen MR) is 72.8 cm³/mol. The first-order chi connectivity index (χ1) is 8.08. The molecule has 0 unspecified atom stereocenters. The molecule has 0 radical (unpaired) electrons. The van der Waals surface area contributed by atoms with Crippen LogP contribution in [-0.4, -0.2) is 41.6 Å². The van der Waals surface area contributed by atoms with E-state index >= 15 is 0 Å². The maximum atomic E-state index is 5.86. The van der Waals surface area contributed by atoms with Crippen LogP contribution in [0, 0.1) is 0 Å². The summed E-state index contributed by atoms with van der Waals surface area (Å²) in [5.74, 6) is 1.03. The van der Waals surface area contributed by atoms with Crippen molar-refractivity contribution in [1.82, 2.24) is 9.88 Å². The average molecular weight is 254 g/mol. The van der Waals surface area contributed by atoms with Crippen LogP contribution >= 0.6 is 11.6 Å². The van der Waals surface area contributed by atoms with Gasteiger partial charge in [-0.15, -0.1) is 0 Å². The van der Waals surface area contributed by atoms with Gasteiger partial charge in [0.1, 0.15) is 5.82 Å². The van der Waals surface area contributed by atoms with Crippen LogP contribution in [0.15, 0.2) is 18.3 Å². The fourth-order valence-corrected chi connectivity index (χ4v) is 2.44. The van der Waals surface area contributed by atoms with Gasteiger partial charge in [-0.1, -0.05) is 11.6 Å². The average Bonchev–Trinajstić information content (AvgIpc) is 2.30. The largest absolute Gasteiger partial charge is 0.351 e. The molecule has 0 saturated carbocycles. The van der Waals surface area contributed by atoms with Gasteiger partial charge in [-0.2, -0.15) is 0 Å². The molecule has 1 aromatic rings. The number of piperazine rings is 1. The smallest absolute Gasteiger partial charge is 0.128 e. The molecule has 1 saturated heterocycles. The van der Waals surface area contributed by atoms with E-state index in [1.165, 1.54) is 0 Å². The molecule has 1 aliphatic heterocycles. The van der Waals surface area contributed by atoms with Crippen molar-refractivity contribution in [3.05, 3.63) is 23.4 Å². The third-order valence-corrected chi connectivity index (χ3v) is 3.62. The van der Waals surface area contributed by atoms with E-state index in [-0.39, 0.29) is 0 Å². The molecule has 0 bridgehead atoms. The highest BCUT2D eigenvalue weighted by Gasteiger charge is 2.25. The molecule has 17 heavy (non-hydrogen) atoms. The molecule has 4 heteroatoms. The van der Waals surface area contributed by atoms with E-state index in [0.717, 1.165) is 25.5 Å². The third-order valence-electron chi connectivity index (χ3n) is 3.40. The van der Waals surface area contributed by atoms with Crippen molar-refractivity contribution < 1.29 is 0 Å². The normalized spacial score (nSPS) is 22.2. The van der Waals surface area contributed by atoms with Gasteiger partial charge in [-0.3, -0.25) is 4.90 Å². The number of halogens is 1. The Balaban J connectivity index is 2.06. The summed E-state index contributed by atoms with van der Waals surface area (Å²) in [4.78, 5) is 9.27. The minimum atomic E-state index is 0.500. The van der Waals surface area contributed by atoms with Gasteiger partial charge in [-0.05, 0) is 32.9 Å². The monoisotopic (exact) mass is 253 g/mol. The van der Waals surface area contributed by atoms with Gasteiger partial charge in [0, 0.05) is 37.9 Å². The third kappa shape index (κ3) is 2.90. The van der Waals surface area contributed by atoms with Crippen LogP contribution in [0.1, 0.15) is 20.8 Å². The summed E-state index contributed by atoms with van der Waals surface area (Å²) in [6, 6.07) is 5.03. The zero-order valence-corrected chi connectivity index (χ0v) is 11.5. The lowest BCUT2D eigenvalue weighted by Gasteiger charge is -2.42. The standard InChI is InChI=1S/C13H20ClN3/c1-10(2)16-6-7-17(11(3)9-16)13-5-4-12(14)8-15-13/h4-5,8,10-11H,6-7,9H2,1-3H3/t11-/m0/s1. The van der Waals surface area contributed by atoms with Crippen molar-refractivity contribution in [2.45, 2.75) is 32.9 Å². The molecular formula is C13H20ClN3. The molecule has 0 spiro atoms. The van der Waals surface area contributed by atoms with Gasteiger partial charge in [0.25, 0.3) is 0 Å². The number of anilines is 1. The summed E-state index contributed by atoms with van der Waals surface area (Å²) >= 11 is 5.86. The molecular weight excluding hydrogens is 234 g/mol. The van der Waals surface area contributed by atoms with Crippen molar-refractivity contribution in [3.63, 3.8) is 0 Å². The molecule has 94 valence electrons. The molecule has 0 N–H and O–H groups in total. The van der Waals surface area contributed by atoms with Crippen molar-refractivity contribution in [2.24, 2.45) is 0 Å². The van der Waals surface area contributed by atoms with Gasteiger partial charge in [0.05, 0.1) is 5.02 Å². The molecule has 1 fully saturated rings. The zero-order chi connectivity index (χ0) is 12.4. The van der Waals surface area contributed by atoms with Crippen molar-refractivity contribution in [3.8, 4) is 0 Å². The summed E-state index contributed by atoms with van der Waals surface area (Å²) < 4.78 is 0. The first kappa shape index (κ1) is 12.7. The summed E-state index contributed by atoms with van der Waals surface area (Å²) in [6.45, 7) is 10.00. The lowest BCUT2D eigenvalue weighted by molar-refractivity contribution is 0.185. The predicted octanol–water partition coefficient (Wildman–Crippen LogP) is 2.65. The molecule has 2 heterocycles. The number of pyridine rings is 1. The first-order valence-electron chi connectivity index (χ1n) is 6.20. The number of aromatic nitrogens is 1. The van der Waals surface area contributed by atoms with Crippen molar-refractivity contribution >= 4 is 17.4 Å². The highest BCUT2D eigenvalue weighted by Crippen LogP contribution is 2.20. The Bertz CT molecular complexity index is 363. The van der Waals surface area contributed by atoms with E-state index in [2.05, 4.69) is 35.6 Å². The lowest BCUT2D eigenvalue weighted by Crippen LogP contribution is -2.54. The topological polar surface area (TPSA) is 19.4 Å². The minimum absolute atomic E-state index is 0.500. The van der Waals surface area contributed by atoms with Crippen LogP contribution < -0.4 is 4.90 Å². The molecule has 1 aromatic heterocycles. The second kappa shape index (κ2) is 5.23. The number of hydrogen-bond donors (Lipinski definition) is 0. The van der Waals surface area contributed by atoms with E-state index in [1.807, 2.05) is 12.1 Å². The van der Waals surface area contributed by atoms with Gasteiger partial charge in [-0.25, -0.2) is 4.98 Å². The zero-order valence-electron chi connectivity index (χ0n) is 10.7. The quantitative estimate of drug-likeness (QED) is 0.808. The van der Waals surface area contributed by atoms with Gasteiger partial charge < -0.3 is 4.90 Å². The van der Waals surface area contributed by atoms with E-state index < -0.39 is 0 Å². The van der Waals surface area contributed by atoms with Crippen LogP contribution in [0.2, 0.25) is 5.02 Å². The van der Waals surface area contributed by atoms with E-state index in [4.69, 9.17) is 11.6 Å². The Hall–Kier alpha value is -0.800. The molecule has 0 aromatic carbocycles. The van der Waals surface area contributed by atoms with E-state index in [9.17, 15) is 0 Å². The molecule has 0 amide bonds. The minimum Gasteiger partial charge on any atom is -0.351 e. The van der Waals surface area contributed by atoms with E-state index in [0.29, 0.717) is 17.1 Å². The second-order valence-corrected chi connectivity index (χ2v) is 5.40. The number of rotatable bonds is 2. The molecule has 3 nitrogen and oxygen atoms in total. The van der Waals surface area contributed by atoms with Crippen LogP contribution in [0.3, 0.4) is 0 Å². The molecule has 0 aliphatic carbocycles. The second-order valence-electron chi connectivity index (χ2n) is 4.97. The number of hydrogen-bond acceptors (Lipinski definition) is 3. The van der Waals surface area contributed by atoms with Gasteiger partial charge >= 0.3 is 0 Å². The summed E-state index contributed by atoms with van der Waals surface area (Å²) in [5.41, 5.74) is 0. The van der Waals surface area contributed by atoms with Gasteiger partial charge in [0.15, 0.2) is 0 Å². The Labute approximate surface area is 108 Å². The Morgan fingerprint density at radius 1 is 1.35 bits per heavy atom. The highest BCUT2D eigenvalue weighted by atomic mass is 35.5. The van der Waals surface area contributed by atoms with Crippen LogP contribution in [0.5, 0.6) is 0 Å². The summed E-state index contributed by atoms with van der Waals surface area (Å²) in [5, 5.41) is 0.696. The molecule has 2 rings (SSSR count). The maximum absolute atomic E-state index is 5.86. The molecule has 1 aliphatic rings. The van der Waals surface area contributed by atoms with Crippen molar-refractivity contribution in [1.29, 1.82) is 0 Å². The summed E-state index contributed by atoms with van der Waals surface area (Å²) in [7, 11) is 0. The lowest BCUT2D eigenvalue weighted by atomic mass is 10.1. The fourth-order valence-electron chi connectivity index (χ4n) is 2.33. The number of nitrogens with zero attached hydrogens (tertiary/aromatic N) is 3. The van der Waals surface area contributed by atoms with Gasteiger partial charge in [0.2, 0.25) is 0 Å². The Kier molecular flexibility index (Phi) is 3.89. The first-order valence-corrected chi connectivity index (χ1v) is 6.58. The van der Waals surface area contributed by atoms with Crippen molar-refractivity contribution in [2.75, 3.05) is 24.5 Å². The van der Waals surface area contributed by atoms with Crippen LogP contribution in [-0.2, 0) is 0 Å². The van der Waals surface area contributed by atoms with Crippen LogP contribution in [0.4, 0.5) is 5.82 Å².